The van der Waals surface area contributed by atoms with Crippen LogP contribution in [0.4, 0.5) is 15.9 Å². The Labute approximate surface area is 152 Å². The molecule has 1 aliphatic heterocycles. The first-order chi connectivity index (χ1) is 12.8. The SMILES string of the molecule is Fc1ccc(N2CCCN(c3ccc(Cn4ccnc4)cn3)CC2)cc1. The van der Waals surface area contributed by atoms with Gasteiger partial charge in [0.2, 0.25) is 0 Å². The minimum Gasteiger partial charge on any atom is -0.370 e. The molecule has 0 atom stereocenters. The van der Waals surface area contributed by atoms with Crippen molar-refractivity contribution in [1.29, 1.82) is 0 Å². The molecular formula is C20H22FN5. The topological polar surface area (TPSA) is 37.2 Å². The van der Waals surface area contributed by atoms with Gasteiger partial charge in [-0.05, 0) is 42.3 Å². The van der Waals surface area contributed by atoms with E-state index in [2.05, 4.69) is 31.9 Å². The number of halogens is 1. The summed E-state index contributed by atoms with van der Waals surface area (Å²) in [4.78, 5) is 13.4. The van der Waals surface area contributed by atoms with Gasteiger partial charge in [-0.2, -0.15) is 0 Å². The van der Waals surface area contributed by atoms with Crippen LogP contribution in [0.2, 0.25) is 0 Å². The normalized spacial score (nSPS) is 15.1. The Bertz CT molecular complexity index is 814. The van der Waals surface area contributed by atoms with E-state index in [-0.39, 0.29) is 5.82 Å². The molecule has 4 rings (SSSR count). The van der Waals surface area contributed by atoms with E-state index in [4.69, 9.17) is 0 Å². The van der Waals surface area contributed by atoms with Crippen LogP contribution >= 0.6 is 0 Å². The number of nitrogens with zero attached hydrogens (tertiary/aromatic N) is 5. The summed E-state index contributed by atoms with van der Waals surface area (Å²) in [5.74, 6) is 0.825. The van der Waals surface area contributed by atoms with Crippen LogP contribution in [0.25, 0.3) is 0 Å². The number of hydrogen-bond donors (Lipinski definition) is 0. The van der Waals surface area contributed by atoms with Crippen LogP contribution in [0.5, 0.6) is 0 Å². The van der Waals surface area contributed by atoms with Crippen molar-refractivity contribution < 1.29 is 4.39 Å². The molecule has 1 saturated heterocycles. The van der Waals surface area contributed by atoms with E-state index >= 15 is 0 Å². The average Bonchev–Trinajstić information content (AvgIpc) is 3.05. The largest absolute Gasteiger partial charge is 0.370 e. The van der Waals surface area contributed by atoms with Crippen LogP contribution < -0.4 is 9.80 Å². The maximum Gasteiger partial charge on any atom is 0.128 e. The predicted molar refractivity (Wildman–Crippen MR) is 101 cm³/mol. The highest BCUT2D eigenvalue weighted by molar-refractivity contribution is 5.48. The molecule has 1 aliphatic rings. The Kier molecular flexibility index (Phi) is 4.82. The summed E-state index contributed by atoms with van der Waals surface area (Å²) in [6.07, 6.45) is 8.54. The third kappa shape index (κ3) is 3.85. The molecule has 0 bridgehead atoms. The third-order valence-corrected chi connectivity index (χ3v) is 4.75. The van der Waals surface area contributed by atoms with Crippen LogP contribution in [-0.4, -0.2) is 40.7 Å². The van der Waals surface area contributed by atoms with Gasteiger partial charge in [-0.25, -0.2) is 14.4 Å². The monoisotopic (exact) mass is 351 g/mol. The van der Waals surface area contributed by atoms with Crippen LogP contribution in [0.1, 0.15) is 12.0 Å². The number of rotatable bonds is 4. The first-order valence-electron chi connectivity index (χ1n) is 8.94. The average molecular weight is 351 g/mol. The third-order valence-electron chi connectivity index (χ3n) is 4.75. The second-order valence-electron chi connectivity index (χ2n) is 6.56. The maximum absolute atomic E-state index is 13.1. The Hall–Kier alpha value is -2.89. The van der Waals surface area contributed by atoms with Gasteiger partial charge in [0.25, 0.3) is 0 Å². The van der Waals surface area contributed by atoms with E-state index in [1.165, 1.54) is 12.1 Å². The lowest BCUT2D eigenvalue weighted by Crippen LogP contribution is -2.31. The molecule has 1 aromatic carbocycles. The highest BCUT2D eigenvalue weighted by Crippen LogP contribution is 2.20. The highest BCUT2D eigenvalue weighted by Gasteiger charge is 2.16. The predicted octanol–water partition coefficient (Wildman–Crippen LogP) is 3.18. The second kappa shape index (κ2) is 7.56. The quantitative estimate of drug-likeness (QED) is 0.723. The van der Waals surface area contributed by atoms with E-state index in [1.54, 1.807) is 6.20 Å². The summed E-state index contributed by atoms with van der Waals surface area (Å²) in [7, 11) is 0. The van der Waals surface area contributed by atoms with Crippen LogP contribution in [0.15, 0.2) is 61.3 Å². The lowest BCUT2D eigenvalue weighted by molar-refractivity contribution is 0.627. The smallest absolute Gasteiger partial charge is 0.128 e. The number of benzene rings is 1. The molecule has 0 aliphatic carbocycles. The Balaban J connectivity index is 1.39. The molecule has 0 unspecified atom stereocenters. The van der Waals surface area contributed by atoms with Crippen molar-refractivity contribution >= 4 is 11.5 Å². The molecule has 5 nitrogen and oxygen atoms in total. The molecule has 134 valence electrons. The summed E-state index contributed by atoms with van der Waals surface area (Å²) in [5, 5.41) is 0. The van der Waals surface area contributed by atoms with Gasteiger partial charge in [-0.15, -0.1) is 0 Å². The molecule has 0 saturated carbocycles. The highest BCUT2D eigenvalue weighted by atomic mass is 19.1. The van der Waals surface area contributed by atoms with Gasteiger partial charge >= 0.3 is 0 Å². The van der Waals surface area contributed by atoms with Crippen molar-refractivity contribution in [3.8, 4) is 0 Å². The second-order valence-corrected chi connectivity index (χ2v) is 6.56. The van der Waals surface area contributed by atoms with Crippen LogP contribution in [0.3, 0.4) is 0 Å². The summed E-state index contributed by atoms with van der Waals surface area (Å²) in [6, 6.07) is 11.0. The van der Waals surface area contributed by atoms with Gasteiger partial charge in [-0.3, -0.25) is 0 Å². The zero-order chi connectivity index (χ0) is 17.8. The van der Waals surface area contributed by atoms with E-state index in [1.807, 2.05) is 35.4 Å². The summed E-state index contributed by atoms with van der Waals surface area (Å²) in [5.41, 5.74) is 2.24. The molecule has 0 spiro atoms. The van der Waals surface area contributed by atoms with Gasteiger partial charge < -0.3 is 14.4 Å². The van der Waals surface area contributed by atoms with Gasteiger partial charge in [0.1, 0.15) is 11.6 Å². The molecule has 0 amide bonds. The molecule has 3 heterocycles. The van der Waals surface area contributed by atoms with Crippen molar-refractivity contribution in [2.75, 3.05) is 36.0 Å². The molecular weight excluding hydrogens is 329 g/mol. The Morgan fingerprint density at radius 1 is 0.923 bits per heavy atom. The molecule has 6 heteroatoms. The van der Waals surface area contributed by atoms with Gasteiger partial charge in [0.05, 0.1) is 6.33 Å². The fourth-order valence-corrected chi connectivity index (χ4v) is 3.35. The number of anilines is 2. The fraction of sp³-hybridized carbons (Fsp3) is 0.300. The van der Waals surface area contributed by atoms with Crippen molar-refractivity contribution in [3.05, 3.63) is 72.7 Å². The molecule has 2 aromatic heterocycles. The lowest BCUT2D eigenvalue weighted by atomic mass is 10.2. The van der Waals surface area contributed by atoms with E-state index in [0.717, 1.165) is 56.2 Å². The van der Waals surface area contributed by atoms with Crippen molar-refractivity contribution in [3.63, 3.8) is 0 Å². The lowest BCUT2D eigenvalue weighted by Gasteiger charge is -2.24. The maximum atomic E-state index is 13.1. The van der Waals surface area contributed by atoms with Crippen LogP contribution in [-0.2, 0) is 6.54 Å². The van der Waals surface area contributed by atoms with E-state index in [0.29, 0.717) is 0 Å². The van der Waals surface area contributed by atoms with E-state index in [9.17, 15) is 4.39 Å². The fourth-order valence-electron chi connectivity index (χ4n) is 3.35. The van der Waals surface area contributed by atoms with E-state index < -0.39 is 0 Å². The number of imidazole rings is 1. The minimum absolute atomic E-state index is 0.190. The standard InChI is InChI=1S/C20H22FN5/c21-18-3-5-19(6-4-18)25-9-1-10-26(13-12-25)20-7-2-17(14-23-20)15-24-11-8-22-16-24/h2-8,11,14,16H,1,9-10,12-13,15H2. The van der Waals surface area contributed by atoms with Crippen LogP contribution in [0, 0.1) is 5.82 Å². The number of hydrogen-bond acceptors (Lipinski definition) is 4. The zero-order valence-electron chi connectivity index (χ0n) is 14.6. The van der Waals surface area contributed by atoms with Gasteiger partial charge in [0, 0.05) is 57.0 Å². The summed E-state index contributed by atoms with van der Waals surface area (Å²) in [6.45, 7) is 4.55. The molecule has 3 aromatic rings. The summed E-state index contributed by atoms with van der Waals surface area (Å²) >= 11 is 0. The number of pyridine rings is 1. The van der Waals surface area contributed by atoms with Crippen molar-refractivity contribution in [1.82, 2.24) is 14.5 Å². The van der Waals surface area contributed by atoms with Gasteiger partial charge in [-0.1, -0.05) is 6.07 Å². The van der Waals surface area contributed by atoms with Crippen molar-refractivity contribution in [2.24, 2.45) is 0 Å². The first-order valence-corrected chi connectivity index (χ1v) is 8.94. The minimum atomic E-state index is -0.190. The molecule has 26 heavy (non-hydrogen) atoms. The Morgan fingerprint density at radius 3 is 2.46 bits per heavy atom. The van der Waals surface area contributed by atoms with Crippen molar-refractivity contribution in [2.45, 2.75) is 13.0 Å². The molecule has 1 fully saturated rings. The number of aromatic nitrogens is 3. The zero-order valence-corrected chi connectivity index (χ0v) is 14.6. The van der Waals surface area contributed by atoms with Gasteiger partial charge in [0.15, 0.2) is 0 Å². The summed E-state index contributed by atoms with van der Waals surface area (Å²) < 4.78 is 15.2. The Morgan fingerprint density at radius 2 is 1.73 bits per heavy atom. The molecule has 0 radical (unpaired) electrons. The first kappa shape index (κ1) is 16.6. The molecule has 0 N–H and O–H groups in total.